The van der Waals surface area contributed by atoms with Gasteiger partial charge in [0, 0.05) is 12.1 Å². The molecule has 0 fully saturated rings. The summed E-state index contributed by atoms with van der Waals surface area (Å²) in [5.74, 6) is 0.168. The van der Waals surface area contributed by atoms with E-state index in [1.807, 2.05) is 13.8 Å². The fourth-order valence-corrected chi connectivity index (χ4v) is 2.45. The van der Waals surface area contributed by atoms with Gasteiger partial charge in [0.15, 0.2) is 0 Å². The Kier molecular flexibility index (Phi) is 3.57. The molecule has 7 heteroatoms. The van der Waals surface area contributed by atoms with Gasteiger partial charge in [-0.25, -0.2) is 4.68 Å². The molecule has 1 aromatic carbocycles. The minimum Gasteiger partial charge on any atom is -0.294 e. The molecule has 1 aromatic heterocycles. The third-order valence-electron chi connectivity index (χ3n) is 2.76. The molecular formula is C12H12BrN3O3. The molecule has 2 aromatic rings. The Hall–Kier alpha value is -1.89. The first kappa shape index (κ1) is 13.5. The van der Waals surface area contributed by atoms with Gasteiger partial charge >= 0.3 is 0 Å². The van der Waals surface area contributed by atoms with Crippen molar-refractivity contribution in [3.8, 4) is 5.69 Å². The molecule has 19 heavy (non-hydrogen) atoms. The van der Waals surface area contributed by atoms with E-state index < -0.39 is 4.92 Å². The smallest absolute Gasteiger partial charge is 0.285 e. The molecule has 0 saturated carbocycles. The molecule has 100 valence electrons. The third kappa shape index (κ3) is 2.46. The molecule has 0 aliphatic rings. The van der Waals surface area contributed by atoms with Crippen LogP contribution in [0.3, 0.4) is 0 Å². The summed E-state index contributed by atoms with van der Waals surface area (Å²) >= 11 is 3.26. The summed E-state index contributed by atoms with van der Waals surface area (Å²) in [5.41, 5.74) is 1.13. The van der Waals surface area contributed by atoms with Crippen LogP contribution in [0.4, 0.5) is 5.69 Å². The van der Waals surface area contributed by atoms with Crippen molar-refractivity contribution in [2.75, 3.05) is 0 Å². The van der Waals surface area contributed by atoms with Crippen molar-refractivity contribution in [2.24, 2.45) is 0 Å². The predicted octanol–water partition coefficient (Wildman–Crippen LogP) is 2.96. The zero-order valence-electron chi connectivity index (χ0n) is 10.4. The summed E-state index contributed by atoms with van der Waals surface area (Å²) in [5, 5.41) is 13.6. The number of hydrogen-bond acceptors (Lipinski definition) is 3. The predicted molar refractivity (Wildman–Crippen MR) is 74.8 cm³/mol. The van der Waals surface area contributed by atoms with Gasteiger partial charge in [-0.15, -0.1) is 0 Å². The van der Waals surface area contributed by atoms with E-state index in [4.69, 9.17) is 0 Å². The monoisotopic (exact) mass is 325 g/mol. The van der Waals surface area contributed by atoms with Crippen molar-refractivity contribution in [3.05, 3.63) is 54.9 Å². The lowest BCUT2D eigenvalue weighted by Crippen LogP contribution is -2.14. The van der Waals surface area contributed by atoms with Gasteiger partial charge in [-0.3, -0.25) is 20.0 Å². The Morgan fingerprint density at radius 2 is 1.89 bits per heavy atom. The molecule has 0 saturated heterocycles. The first-order valence-corrected chi connectivity index (χ1v) is 6.46. The summed E-state index contributed by atoms with van der Waals surface area (Å²) in [6, 6.07) is 5.80. The second-order valence-electron chi connectivity index (χ2n) is 4.41. The number of nitrogens with one attached hydrogen (secondary N) is 1. The van der Waals surface area contributed by atoms with Gasteiger partial charge in [-0.05, 0) is 34.0 Å². The Balaban J connectivity index is 2.50. The fourth-order valence-electron chi connectivity index (χ4n) is 1.72. The summed E-state index contributed by atoms with van der Waals surface area (Å²) < 4.78 is 1.85. The van der Waals surface area contributed by atoms with Crippen molar-refractivity contribution < 1.29 is 4.92 Å². The van der Waals surface area contributed by atoms with E-state index in [1.54, 1.807) is 0 Å². The molecule has 1 N–H and O–H groups in total. The fraction of sp³-hybridized carbons (Fsp3) is 0.250. The molecule has 0 aliphatic carbocycles. The SMILES string of the molecule is CC(C)c1[nH]n(-c2ccc([N+](=O)[O-])cc2)c(=O)c1Br. The van der Waals surface area contributed by atoms with Crippen LogP contribution in [0, 0.1) is 10.1 Å². The van der Waals surface area contributed by atoms with Gasteiger partial charge < -0.3 is 0 Å². The largest absolute Gasteiger partial charge is 0.294 e. The number of nitro benzene ring substituents is 1. The van der Waals surface area contributed by atoms with Crippen LogP contribution in [-0.4, -0.2) is 14.7 Å². The van der Waals surface area contributed by atoms with Gasteiger partial charge in [-0.2, -0.15) is 0 Å². The normalized spacial score (nSPS) is 10.9. The van der Waals surface area contributed by atoms with Crippen molar-refractivity contribution >= 4 is 21.6 Å². The second-order valence-corrected chi connectivity index (χ2v) is 5.20. The lowest BCUT2D eigenvalue weighted by Gasteiger charge is -2.03. The molecule has 2 rings (SSSR count). The number of rotatable bonds is 3. The Bertz CT molecular complexity index is 671. The highest BCUT2D eigenvalue weighted by Gasteiger charge is 2.15. The van der Waals surface area contributed by atoms with Gasteiger partial charge in [0.1, 0.15) is 4.47 Å². The van der Waals surface area contributed by atoms with Crippen LogP contribution in [0.25, 0.3) is 5.69 Å². The molecule has 0 radical (unpaired) electrons. The molecular weight excluding hydrogens is 314 g/mol. The zero-order chi connectivity index (χ0) is 14.2. The minimum atomic E-state index is -0.475. The highest BCUT2D eigenvalue weighted by Crippen LogP contribution is 2.21. The molecule has 0 aliphatic heterocycles. The highest BCUT2D eigenvalue weighted by molar-refractivity contribution is 9.10. The van der Waals surface area contributed by atoms with E-state index in [0.717, 1.165) is 5.69 Å². The van der Waals surface area contributed by atoms with Gasteiger partial charge in [0.2, 0.25) is 0 Å². The van der Waals surface area contributed by atoms with Gasteiger partial charge in [0.05, 0.1) is 16.3 Å². The van der Waals surface area contributed by atoms with E-state index in [-0.39, 0.29) is 17.2 Å². The average molecular weight is 326 g/mol. The lowest BCUT2D eigenvalue weighted by atomic mass is 10.1. The van der Waals surface area contributed by atoms with Crippen molar-refractivity contribution in [1.82, 2.24) is 9.78 Å². The van der Waals surface area contributed by atoms with E-state index >= 15 is 0 Å². The zero-order valence-corrected chi connectivity index (χ0v) is 12.0. The minimum absolute atomic E-state index is 0.00787. The van der Waals surface area contributed by atoms with Crippen LogP contribution in [-0.2, 0) is 0 Å². The maximum absolute atomic E-state index is 12.1. The summed E-state index contributed by atoms with van der Waals surface area (Å²) in [6.45, 7) is 3.94. The lowest BCUT2D eigenvalue weighted by molar-refractivity contribution is -0.384. The standard InChI is InChI=1S/C12H12BrN3O3/c1-7(2)11-10(13)12(17)15(14-11)8-3-5-9(6-4-8)16(18)19/h3-7,14H,1-2H3. The van der Waals surface area contributed by atoms with Gasteiger partial charge in [0.25, 0.3) is 11.2 Å². The van der Waals surface area contributed by atoms with Crippen LogP contribution in [0.15, 0.2) is 33.5 Å². The third-order valence-corrected chi connectivity index (χ3v) is 3.52. The number of halogens is 1. The van der Waals surface area contributed by atoms with E-state index in [9.17, 15) is 14.9 Å². The number of hydrogen-bond donors (Lipinski definition) is 1. The van der Waals surface area contributed by atoms with Crippen LogP contribution in [0.2, 0.25) is 0 Å². The first-order chi connectivity index (χ1) is 8.91. The van der Waals surface area contributed by atoms with E-state index in [2.05, 4.69) is 21.0 Å². The summed E-state index contributed by atoms with van der Waals surface area (Å²) in [7, 11) is 0. The average Bonchev–Trinajstić information content (AvgIpc) is 2.67. The molecule has 1 heterocycles. The summed E-state index contributed by atoms with van der Waals surface area (Å²) in [6.07, 6.45) is 0. The number of nitro groups is 1. The molecule has 6 nitrogen and oxygen atoms in total. The number of aromatic nitrogens is 2. The first-order valence-electron chi connectivity index (χ1n) is 5.67. The number of aromatic amines is 1. The molecule has 0 atom stereocenters. The van der Waals surface area contributed by atoms with Crippen LogP contribution < -0.4 is 5.56 Å². The van der Waals surface area contributed by atoms with Gasteiger partial charge in [-0.1, -0.05) is 13.8 Å². The highest BCUT2D eigenvalue weighted by atomic mass is 79.9. The number of benzene rings is 1. The maximum atomic E-state index is 12.1. The van der Waals surface area contributed by atoms with Crippen LogP contribution >= 0.6 is 15.9 Å². The number of nitrogens with zero attached hydrogens (tertiary/aromatic N) is 2. The number of non-ortho nitro benzene ring substituents is 1. The molecule has 0 spiro atoms. The Morgan fingerprint density at radius 3 is 2.32 bits per heavy atom. The Morgan fingerprint density at radius 1 is 1.32 bits per heavy atom. The molecule has 0 amide bonds. The topological polar surface area (TPSA) is 80.9 Å². The number of H-pyrrole nitrogens is 1. The Labute approximate surface area is 117 Å². The molecule has 0 unspecified atom stereocenters. The van der Waals surface area contributed by atoms with E-state index in [0.29, 0.717) is 10.2 Å². The van der Waals surface area contributed by atoms with E-state index in [1.165, 1.54) is 28.9 Å². The maximum Gasteiger partial charge on any atom is 0.285 e. The van der Waals surface area contributed by atoms with Crippen molar-refractivity contribution in [3.63, 3.8) is 0 Å². The molecule has 0 bridgehead atoms. The van der Waals surface area contributed by atoms with Crippen LogP contribution in [0.1, 0.15) is 25.5 Å². The van der Waals surface area contributed by atoms with Crippen molar-refractivity contribution in [1.29, 1.82) is 0 Å². The van der Waals surface area contributed by atoms with Crippen molar-refractivity contribution in [2.45, 2.75) is 19.8 Å². The quantitative estimate of drug-likeness (QED) is 0.695. The second kappa shape index (κ2) is 5.00. The summed E-state index contributed by atoms with van der Waals surface area (Å²) in [4.78, 5) is 22.2. The van der Waals surface area contributed by atoms with Crippen LogP contribution in [0.5, 0.6) is 0 Å².